The number of hydrogen-bond donors (Lipinski definition) is 1. The Labute approximate surface area is 118 Å². The molecular formula is C12H23N5O3. The van der Waals surface area contributed by atoms with E-state index >= 15 is 0 Å². The third kappa shape index (κ3) is 6.10. The quantitative estimate of drug-likeness (QED) is 0.476. The molecule has 1 atom stereocenters. The van der Waals surface area contributed by atoms with Gasteiger partial charge in [-0.25, -0.2) is 4.79 Å². The van der Waals surface area contributed by atoms with Crippen molar-refractivity contribution >= 4 is 6.09 Å². The maximum Gasteiger partial charge on any atom is 0.410 e. The number of azide groups is 1. The van der Waals surface area contributed by atoms with Crippen LogP contribution in [0.4, 0.5) is 4.79 Å². The second kappa shape index (κ2) is 7.33. The third-order valence-corrected chi connectivity index (χ3v) is 2.85. The number of amides is 1. The minimum atomic E-state index is -0.668. The standard InChI is InChI=1S/C12H23N5O3/c1-12(2,3)20-11(19)17-6-4-16(5-7-17)9-10(18)8-14-15-13/h10,18H,4-9H2,1-3H3. The Kier molecular flexibility index (Phi) is 6.06. The zero-order valence-electron chi connectivity index (χ0n) is 12.3. The van der Waals surface area contributed by atoms with Crippen LogP contribution in [-0.4, -0.2) is 72.0 Å². The highest BCUT2D eigenvalue weighted by Gasteiger charge is 2.26. The van der Waals surface area contributed by atoms with Crippen LogP contribution < -0.4 is 0 Å². The Morgan fingerprint density at radius 2 is 2.00 bits per heavy atom. The van der Waals surface area contributed by atoms with Crippen molar-refractivity contribution in [2.24, 2.45) is 5.11 Å². The fourth-order valence-electron chi connectivity index (χ4n) is 1.93. The lowest BCUT2D eigenvalue weighted by molar-refractivity contribution is 0.0106. The number of carbonyl (C=O) groups excluding carboxylic acids is 1. The van der Waals surface area contributed by atoms with Crippen LogP contribution in [0.5, 0.6) is 0 Å². The van der Waals surface area contributed by atoms with Crippen molar-refractivity contribution in [2.45, 2.75) is 32.5 Å². The summed E-state index contributed by atoms with van der Waals surface area (Å²) in [5, 5.41) is 13.0. The van der Waals surface area contributed by atoms with E-state index in [1.165, 1.54) is 0 Å². The van der Waals surface area contributed by atoms with Gasteiger partial charge >= 0.3 is 6.09 Å². The summed E-state index contributed by atoms with van der Waals surface area (Å²) in [5.41, 5.74) is 7.70. The van der Waals surface area contributed by atoms with E-state index in [1.807, 2.05) is 25.7 Å². The van der Waals surface area contributed by atoms with E-state index in [-0.39, 0.29) is 12.6 Å². The molecule has 0 bridgehead atoms. The van der Waals surface area contributed by atoms with Gasteiger partial charge in [-0.1, -0.05) is 5.11 Å². The molecule has 1 heterocycles. The number of aliphatic hydroxyl groups excluding tert-OH is 1. The number of aliphatic hydroxyl groups is 1. The van der Waals surface area contributed by atoms with Crippen molar-refractivity contribution in [3.05, 3.63) is 10.4 Å². The molecule has 8 nitrogen and oxygen atoms in total. The topological polar surface area (TPSA) is 102 Å². The first-order chi connectivity index (χ1) is 9.31. The largest absolute Gasteiger partial charge is 0.444 e. The van der Waals surface area contributed by atoms with Gasteiger partial charge in [0, 0.05) is 37.6 Å². The number of nitrogens with zero attached hydrogens (tertiary/aromatic N) is 5. The molecule has 0 aromatic carbocycles. The summed E-state index contributed by atoms with van der Waals surface area (Å²) in [4.78, 5) is 18.2. The molecule has 1 rings (SSSR count). The Morgan fingerprint density at radius 3 is 2.50 bits per heavy atom. The van der Waals surface area contributed by atoms with Gasteiger partial charge in [-0.15, -0.1) is 0 Å². The second-order valence-corrected chi connectivity index (χ2v) is 5.84. The molecular weight excluding hydrogens is 262 g/mol. The zero-order valence-corrected chi connectivity index (χ0v) is 12.3. The van der Waals surface area contributed by atoms with Crippen LogP contribution >= 0.6 is 0 Å². The van der Waals surface area contributed by atoms with Crippen LogP contribution in [0.2, 0.25) is 0 Å². The van der Waals surface area contributed by atoms with E-state index in [1.54, 1.807) is 4.90 Å². The molecule has 0 aromatic rings. The van der Waals surface area contributed by atoms with Gasteiger partial charge in [0.15, 0.2) is 0 Å². The van der Waals surface area contributed by atoms with Gasteiger partial charge in [0.05, 0.1) is 12.6 Å². The number of rotatable bonds is 4. The van der Waals surface area contributed by atoms with Crippen LogP contribution in [0, 0.1) is 0 Å². The highest BCUT2D eigenvalue weighted by molar-refractivity contribution is 5.68. The van der Waals surface area contributed by atoms with E-state index in [0.29, 0.717) is 32.7 Å². The molecule has 114 valence electrons. The first-order valence-electron chi connectivity index (χ1n) is 6.71. The predicted molar refractivity (Wildman–Crippen MR) is 74.3 cm³/mol. The average Bonchev–Trinajstić information content (AvgIpc) is 2.35. The molecule has 0 saturated carbocycles. The smallest absolute Gasteiger partial charge is 0.410 e. The van der Waals surface area contributed by atoms with Crippen molar-refractivity contribution in [2.75, 3.05) is 39.3 Å². The molecule has 0 radical (unpaired) electrons. The summed E-state index contributed by atoms with van der Waals surface area (Å²) in [6.45, 7) is 8.53. The van der Waals surface area contributed by atoms with E-state index in [9.17, 15) is 9.90 Å². The summed E-state index contributed by atoms with van der Waals surface area (Å²) in [7, 11) is 0. The molecule has 1 aliphatic heterocycles. The third-order valence-electron chi connectivity index (χ3n) is 2.85. The second-order valence-electron chi connectivity index (χ2n) is 5.84. The fourth-order valence-corrected chi connectivity index (χ4v) is 1.93. The van der Waals surface area contributed by atoms with Crippen LogP contribution in [0.25, 0.3) is 10.4 Å². The molecule has 1 unspecified atom stereocenters. The Balaban J connectivity index is 2.32. The van der Waals surface area contributed by atoms with Crippen LogP contribution in [-0.2, 0) is 4.74 Å². The molecule has 1 amide bonds. The van der Waals surface area contributed by atoms with E-state index < -0.39 is 11.7 Å². The number of hydrogen-bond acceptors (Lipinski definition) is 5. The summed E-state index contributed by atoms with van der Waals surface area (Å²) >= 11 is 0. The van der Waals surface area contributed by atoms with Crippen LogP contribution in [0.1, 0.15) is 20.8 Å². The minimum absolute atomic E-state index is 0.0722. The number of piperazine rings is 1. The minimum Gasteiger partial charge on any atom is -0.444 e. The summed E-state index contributed by atoms with van der Waals surface area (Å²) < 4.78 is 5.31. The van der Waals surface area contributed by atoms with Gasteiger partial charge in [-0.2, -0.15) is 0 Å². The molecule has 20 heavy (non-hydrogen) atoms. The number of β-amino-alcohol motifs (C(OH)–C–C–N with tert-alkyl or cyclic N) is 1. The van der Waals surface area contributed by atoms with Gasteiger partial charge in [0.2, 0.25) is 0 Å². The maximum absolute atomic E-state index is 11.9. The molecule has 1 N–H and O–H groups in total. The lowest BCUT2D eigenvalue weighted by atomic mass is 10.2. The molecule has 1 aliphatic rings. The van der Waals surface area contributed by atoms with Gasteiger partial charge in [0.25, 0.3) is 0 Å². The van der Waals surface area contributed by atoms with Crippen molar-refractivity contribution in [3.8, 4) is 0 Å². The van der Waals surface area contributed by atoms with Crippen molar-refractivity contribution < 1.29 is 14.6 Å². The fraction of sp³-hybridized carbons (Fsp3) is 0.917. The summed E-state index contributed by atoms with van der Waals surface area (Å²) in [5.74, 6) is 0. The number of carbonyl (C=O) groups is 1. The van der Waals surface area contributed by atoms with Crippen molar-refractivity contribution in [1.82, 2.24) is 9.80 Å². The normalized spacial score (nSPS) is 18.3. The van der Waals surface area contributed by atoms with E-state index in [0.717, 1.165) is 0 Å². The SMILES string of the molecule is CC(C)(C)OC(=O)N1CCN(CC(O)CN=[N+]=[N-])CC1. The number of ether oxygens (including phenoxy) is 1. The molecule has 8 heteroatoms. The highest BCUT2D eigenvalue weighted by atomic mass is 16.6. The van der Waals surface area contributed by atoms with Gasteiger partial charge in [-0.3, -0.25) is 4.90 Å². The molecule has 0 aromatic heterocycles. The molecule has 0 aliphatic carbocycles. The first kappa shape index (κ1) is 16.6. The Bertz CT molecular complexity index is 368. The van der Waals surface area contributed by atoms with Crippen molar-refractivity contribution in [1.29, 1.82) is 0 Å². The Morgan fingerprint density at radius 1 is 1.40 bits per heavy atom. The molecule has 1 fully saturated rings. The van der Waals surface area contributed by atoms with Gasteiger partial charge in [-0.05, 0) is 26.3 Å². The lowest BCUT2D eigenvalue weighted by Crippen LogP contribution is -2.51. The van der Waals surface area contributed by atoms with Crippen molar-refractivity contribution in [3.63, 3.8) is 0 Å². The zero-order chi connectivity index (χ0) is 15.2. The van der Waals surface area contributed by atoms with E-state index in [4.69, 9.17) is 10.3 Å². The monoisotopic (exact) mass is 285 g/mol. The lowest BCUT2D eigenvalue weighted by Gasteiger charge is -2.36. The van der Waals surface area contributed by atoms with E-state index in [2.05, 4.69) is 10.0 Å². The van der Waals surface area contributed by atoms with Crippen LogP contribution in [0.3, 0.4) is 0 Å². The highest BCUT2D eigenvalue weighted by Crippen LogP contribution is 2.12. The van der Waals surface area contributed by atoms with Gasteiger partial charge in [0.1, 0.15) is 5.60 Å². The first-order valence-corrected chi connectivity index (χ1v) is 6.71. The maximum atomic E-state index is 11.9. The predicted octanol–water partition coefficient (Wildman–Crippen LogP) is 1.21. The Hall–Kier alpha value is -1.50. The molecule has 1 saturated heterocycles. The summed E-state index contributed by atoms with van der Waals surface area (Å²) in [6.07, 6.45) is -0.967. The summed E-state index contributed by atoms with van der Waals surface area (Å²) in [6, 6.07) is 0. The average molecular weight is 285 g/mol. The van der Waals surface area contributed by atoms with Gasteiger partial charge < -0.3 is 14.7 Å². The van der Waals surface area contributed by atoms with Crippen LogP contribution in [0.15, 0.2) is 5.11 Å². The molecule has 0 spiro atoms.